The van der Waals surface area contributed by atoms with Crippen molar-refractivity contribution in [2.24, 2.45) is 0 Å². The van der Waals surface area contributed by atoms with E-state index >= 15 is 0 Å². The Morgan fingerprint density at radius 2 is 1.65 bits per heavy atom. The van der Waals surface area contributed by atoms with Gasteiger partial charge in [-0.25, -0.2) is 4.79 Å². The summed E-state index contributed by atoms with van der Waals surface area (Å²) < 4.78 is 5.10. The minimum Gasteiger partial charge on any atom is -0.445 e. The van der Waals surface area contributed by atoms with Gasteiger partial charge in [-0.2, -0.15) is 0 Å². The molecule has 2 amide bonds. The number of aryl methyl sites for hydroxylation is 1. The molecule has 0 saturated carbocycles. The normalized spacial score (nSPS) is 11.4. The summed E-state index contributed by atoms with van der Waals surface area (Å²) in [4.78, 5) is 23.7. The first-order chi connectivity index (χ1) is 11.0. The van der Waals surface area contributed by atoms with Gasteiger partial charge in [-0.15, -0.1) is 0 Å². The number of benzene rings is 2. The number of carbonyl (C=O) groups excluding carboxylic acids is 2. The summed E-state index contributed by atoms with van der Waals surface area (Å²) in [5.41, 5.74) is 2.53. The fraction of sp³-hybridized carbons (Fsp3) is 0.222. The maximum atomic E-state index is 12.0. The first kappa shape index (κ1) is 16.5. The molecule has 2 rings (SSSR count). The molecule has 0 heterocycles. The molecule has 23 heavy (non-hydrogen) atoms. The third-order valence-electron chi connectivity index (χ3n) is 3.21. The fourth-order valence-electron chi connectivity index (χ4n) is 1.96. The van der Waals surface area contributed by atoms with Crippen molar-refractivity contribution in [3.8, 4) is 0 Å². The molecule has 0 aliphatic rings. The molecule has 0 aromatic heterocycles. The fourth-order valence-corrected chi connectivity index (χ4v) is 1.96. The van der Waals surface area contributed by atoms with E-state index in [0.717, 1.165) is 11.1 Å². The van der Waals surface area contributed by atoms with E-state index < -0.39 is 12.3 Å². The number of amides is 2. The van der Waals surface area contributed by atoms with Gasteiger partial charge in [-0.3, -0.25) is 4.79 Å². The highest BCUT2D eigenvalue weighted by molar-refractivity contribution is 5.94. The van der Waals surface area contributed by atoms with Gasteiger partial charge in [0.15, 0.2) is 0 Å². The van der Waals surface area contributed by atoms with E-state index in [1.165, 1.54) is 0 Å². The molecule has 5 heteroatoms. The highest BCUT2D eigenvalue weighted by Crippen LogP contribution is 2.03. The highest BCUT2D eigenvalue weighted by atomic mass is 16.5. The van der Waals surface area contributed by atoms with Crippen LogP contribution in [-0.2, 0) is 11.3 Å². The summed E-state index contributed by atoms with van der Waals surface area (Å²) in [6, 6.07) is 16.6. The molecule has 2 N–H and O–H groups in total. The number of rotatable bonds is 5. The van der Waals surface area contributed by atoms with Gasteiger partial charge in [-0.1, -0.05) is 48.0 Å². The van der Waals surface area contributed by atoms with Crippen LogP contribution in [0.2, 0.25) is 0 Å². The van der Waals surface area contributed by atoms with Crippen molar-refractivity contribution in [3.05, 3.63) is 71.3 Å². The van der Waals surface area contributed by atoms with E-state index in [4.69, 9.17) is 4.74 Å². The quantitative estimate of drug-likeness (QED) is 0.834. The lowest BCUT2D eigenvalue weighted by Gasteiger charge is -2.16. The van der Waals surface area contributed by atoms with Gasteiger partial charge in [0.2, 0.25) is 0 Å². The van der Waals surface area contributed by atoms with E-state index in [2.05, 4.69) is 10.6 Å². The molecule has 0 bridgehead atoms. The number of carbonyl (C=O) groups is 2. The predicted molar refractivity (Wildman–Crippen MR) is 87.9 cm³/mol. The number of hydrogen-bond donors (Lipinski definition) is 2. The van der Waals surface area contributed by atoms with Crippen molar-refractivity contribution in [2.45, 2.75) is 26.6 Å². The maximum Gasteiger partial charge on any atom is 0.409 e. The van der Waals surface area contributed by atoms with Gasteiger partial charge in [0.25, 0.3) is 5.91 Å². The lowest BCUT2D eigenvalue weighted by Crippen LogP contribution is -2.46. The van der Waals surface area contributed by atoms with E-state index in [9.17, 15) is 9.59 Å². The molecule has 0 fully saturated rings. The molecule has 0 aliphatic heterocycles. The minimum absolute atomic E-state index is 0.186. The Labute approximate surface area is 135 Å². The van der Waals surface area contributed by atoms with Crippen molar-refractivity contribution >= 4 is 12.0 Å². The highest BCUT2D eigenvalue weighted by Gasteiger charge is 2.12. The first-order valence-corrected chi connectivity index (χ1v) is 7.39. The molecule has 5 nitrogen and oxygen atoms in total. The molecular weight excluding hydrogens is 292 g/mol. The van der Waals surface area contributed by atoms with Crippen LogP contribution in [0.5, 0.6) is 0 Å². The Morgan fingerprint density at radius 1 is 1.00 bits per heavy atom. The number of ether oxygens (including phenoxy) is 1. The molecule has 0 radical (unpaired) electrons. The Hall–Kier alpha value is -2.82. The monoisotopic (exact) mass is 312 g/mol. The smallest absolute Gasteiger partial charge is 0.409 e. The number of alkyl carbamates (subject to hydrolysis) is 1. The standard InChI is InChI=1S/C18H20N2O3/c1-13-8-10-16(11-9-13)17(21)19-14(2)20-18(22)23-12-15-6-4-3-5-7-15/h3-11,14H,12H2,1-2H3,(H,19,21)(H,20,22). The van der Waals surface area contributed by atoms with Gasteiger partial charge in [-0.05, 0) is 31.5 Å². The summed E-state index contributed by atoms with van der Waals surface area (Å²) in [7, 11) is 0. The Bertz CT molecular complexity index is 654. The van der Waals surface area contributed by atoms with E-state index in [1.54, 1.807) is 19.1 Å². The lowest BCUT2D eigenvalue weighted by molar-refractivity contribution is 0.0926. The molecule has 0 spiro atoms. The minimum atomic E-state index is -0.578. The Balaban J connectivity index is 1.77. The van der Waals surface area contributed by atoms with Crippen molar-refractivity contribution in [2.75, 3.05) is 0 Å². The molecule has 120 valence electrons. The molecule has 1 atom stereocenters. The van der Waals surface area contributed by atoms with E-state index in [-0.39, 0.29) is 12.5 Å². The van der Waals surface area contributed by atoms with Crippen molar-refractivity contribution in [1.29, 1.82) is 0 Å². The summed E-state index contributed by atoms with van der Waals surface area (Å²) in [5.74, 6) is -0.249. The van der Waals surface area contributed by atoms with Crippen molar-refractivity contribution in [3.63, 3.8) is 0 Å². The van der Waals surface area contributed by atoms with Gasteiger partial charge < -0.3 is 15.4 Å². The number of nitrogens with one attached hydrogen (secondary N) is 2. The third kappa shape index (κ3) is 5.47. The lowest BCUT2D eigenvalue weighted by atomic mass is 10.1. The van der Waals surface area contributed by atoms with Gasteiger partial charge >= 0.3 is 6.09 Å². The Morgan fingerprint density at radius 3 is 2.30 bits per heavy atom. The van der Waals surface area contributed by atoms with Gasteiger partial charge in [0.05, 0.1) is 0 Å². The summed E-state index contributed by atoms with van der Waals surface area (Å²) in [6.07, 6.45) is -1.11. The second kappa shape index (κ2) is 7.98. The average molecular weight is 312 g/mol. The van der Waals surface area contributed by atoms with Crippen LogP contribution in [0.1, 0.15) is 28.4 Å². The SMILES string of the molecule is Cc1ccc(C(=O)NC(C)NC(=O)OCc2ccccc2)cc1. The van der Waals surface area contributed by atoms with Crippen LogP contribution in [0.4, 0.5) is 4.79 Å². The second-order valence-corrected chi connectivity index (χ2v) is 5.27. The molecule has 2 aromatic rings. The van der Waals surface area contributed by atoms with Gasteiger partial charge in [0, 0.05) is 5.56 Å². The van der Waals surface area contributed by atoms with Crippen LogP contribution < -0.4 is 10.6 Å². The topological polar surface area (TPSA) is 67.4 Å². The maximum absolute atomic E-state index is 12.0. The largest absolute Gasteiger partial charge is 0.445 e. The van der Waals surface area contributed by atoms with E-state index in [0.29, 0.717) is 5.56 Å². The third-order valence-corrected chi connectivity index (χ3v) is 3.21. The molecule has 1 unspecified atom stereocenters. The molecule has 2 aromatic carbocycles. The molecule has 0 aliphatic carbocycles. The second-order valence-electron chi connectivity index (χ2n) is 5.27. The van der Waals surface area contributed by atoms with Crippen LogP contribution >= 0.6 is 0 Å². The first-order valence-electron chi connectivity index (χ1n) is 7.39. The number of hydrogen-bond acceptors (Lipinski definition) is 3. The Kier molecular flexibility index (Phi) is 5.74. The summed E-state index contributed by atoms with van der Waals surface area (Å²) in [6.45, 7) is 3.82. The summed E-state index contributed by atoms with van der Waals surface area (Å²) >= 11 is 0. The van der Waals surface area contributed by atoms with Gasteiger partial charge in [0.1, 0.15) is 12.8 Å². The van der Waals surface area contributed by atoms with Crippen LogP contribution in [0.15, 0.2) is 54.6 Å². The predicted octanol–water partition coefficient (Wildman–Crippen LogP) is 3.00. The van der Waals surface area contributed by atoms with Crippen LogP contribution in [0.3, 0.4) is 0 Å². The molecular formula is C18H20N2O3. The van der Waals surface area contributed by atoms with Crippen molar-refractivity contribution < 1.29 is 14.3 Å². The van der Waals surface area contributed by atoms with Crippen LogP contribution in [0, 0.1) is 6.92 Å². The molecule has 0 saturated heterocycles. The zero-order chi connectivity index (χ0) is 16.7. The average Bonchev–Trinajstić information content (AvgIpc) is 2.54. The zero-order valence-corrected chi connectivity index (χ0v) is 13.2. The zero-order valence-electron chi connectivity index (χ0n) is 13.2. The van der Waals surface area contributed by atoms with E-state index in [1.807, 2.05) is 49.4 Å². The van der Waals surface area contributed by atoms with Crippen LogP contribution in [0.25, 0.3) is 0 Å². The van der Waals surface area contributed by atoms with Crippen LogP contribution in [-0.4, -0.2) is 18.2 Å². The summed E-state index contributed by atoms with van der Waals surface area (Å²) in [5, 5.41) is 5.26. The van der Waals surface area contributed by atoms with Crippen molar-refractivity contribution in [1.82, 2.24) is 10.6 Å².